The minimum Gasteiger partial charge on any atom is -0.348 e. The lowest BCUT2D eigenvalue weighted by molar-refractivity contribution is -0.226. The molecule has 0 unspecified atom stereocenters. The van der Waals surface area contributed by atoms with E-state index in [2.05, 4.69) is 29.8 Å². The van der Waals surface area contributed by atoms with Crippen LogP contribution in [0.1, 0.15) is 65.2 Å². The molecule has 7 atom stereocenters. The zero-order valence-electron chi connectivity index (χ0n) is 15.6. The van der Waals surface area contributed by atoms with Gasteiger partial charge >= 0.3 is 0 Å². The van der Waals surface area contributed by atoms with E-state index >= 15 is 0 Å². The number of ketones is 1. The van der Waals surface area contributed by atoms with Crippen LogP contribution in [0.2, 0.25) is 0 Å². The average molecular weight is 411 g/mol. The van der Waals surface area contributed by atoms with Gasteiger partial charge in [-0.15, -0.1) is 0 Å². The molecule has 1 saturated heterocycles. The lowest BCUT2D eigenvalue weighted by atomic mass is 9.44. The highest BCUT2D eigenvalue weighted by Crippen LogP contribution is 2.67. The third kappa shape index (κ3) is 2.20. The lowest BCUT2D eigenvalue weighted by Gasteiger charge is -2.61. The van der Waals surface area contributed by atoms with Crippen molar-refractivity contribution in [3.8, 4) is 0 Å². The number of carbonyl (C=O) groups is 1. The summed E-state index contributed by atoms with van der Waals surface area (Å²) in [7, 11) is 0. The number of alkyl halides is 1. The van der Waals surface area contributed by atoms with Gasteiger partial charge in [-0.3, -0.25) is 4.79 Å². The van der Waals surface area contributed by atoms with Gasteiger partial charge in [0.2, 0.25) is 0 Å². The van der Waals surface area contributed by atoms with Crippen LogP contribution in [-0.4, -0.2) is 29.6 Å². The van der Waals surface area contributed by atoms with E-state index in [9.17, 15) is 4.79 Å². The second-order valence-electron chi connectivity index (χ2n) is 10.0. The molecule has 3 nitrogen and oxygen atoms in total. The zero-order chi connectivity index (χ0) is 17.4. The summed E-state index contributed by atoms with van der Waals surface area (Å²) in [6, 6.07) is 0. The highest BCUT2D eigenvalue weighted by molar-refractivity contribution is 9.10. The van der Waals surface area contributed by atoms with Crippen LogP contribution in [0.4, 0.5) is 0 Å². The van der Waals surface area contributed by atoms with Crippen molar-refractivity contribution in [1.82, 2.24) is 0 Å². The monoisotopic (exact) mass is 410 g/mol. The first-order valence-electron chi connectivity index (χ1n) is 10.4. The molecule has 4 aliphatic carbocycles. The van der Waals surface area contributed by atoms with Crippen molar-refractivity contribution in [1.29, 1.82) is 0 Å². The number of ether oxygens (including phenoxy) is 2. The molecule has 0 aromatic rings. The first kappa shape index (κ1) is 17.2. The summed E-state index contributed by atoms with van der Waals surface area (Å²) in [5.74, 6) is 2.33. The standard InChI is InChI=1S/C21H31BrO3/c1-19-8-9-21(24-10-11-25-21)12-13(19)5-6-14-15-4-3-7-20(15,2)18(22)17(23)16(14)19/h13-16,18H,3-12H2,1-2H3/t13-,14-,15-,16+,18-,19-,20+/m0/s1. The van der Waals surface area contributed by atoms with Gasteiger partial charge in [-0.25, -0.2) is 0 Å². The Bertz CT molecular complexity index is 586. The maximum atomic E-state index is 13.6. The number of Topliss-reactive ketones (excluding diaryl/α,β-unsaturated/α-hetero) is 1. The Morgan fingerprint density at radius 2 is 1.76 bits per heavy atom. The molecule has 1 aliphatic heterocycles. The quantitative estimate of drug-likeness (QED) is 0.542. The molecule has 0 radical (unpaired) electrons. The van der Waals surface area contributed by atoms with E-state index in [1.807, 2.05) is 0 Å². The summed E-state index contributed by atoms with van der Waals surface area (Å²) >= 11 is 3.88. The minimum atomic E-state index is -0.329. The van der Waals surface area contributed by atoms with Gasteiger partial charge in [-0.2, -0.15) is 0 Å². The molecule has 4 saturated carbocycles. The molecule has 4 heteroatoms. The molecule has 0 bridgehead atoms. The average Bonchev–Trinajstić information content (AvgIpc) is 3.21. The Kier molecular flexibility index (Phi) is 3.81. The summed E-state index contributed by atoms with van der Waals surface area (Å²) in [6.07, 6.45) is 9.35. The van der Waals surface area contributed by atoms with E-state index in [1.165, 1.54) is 32.1 Å². The van der Waals surface area contributed by atoms with Crippen LogP contribution in [0.15, 0.2) is 0 Å². The topological polar surface area (TPSA) is 35.5 Å². The second kappa shape index (κ2) is 5.54. The Morgan fingerprint density at radius 3 is 2.52 bits per heavy atom. The van der Waals surface area contributed by atoms with Gasteiger partial charge in [-0.1, -0.05) is 36.2 Å². The molecule has 0 aromatic heterocycles. The fraction of sp³-hybridized carbons (Fsp3) is 0.952. The summed E-state index contributed by atoms with van der Waals surface area (Å²) in [5.41, 5.74) is 0.325. The third-order valence-electron chi connectivity index (χ3n) is 9.07. The maximum absolute atomic E-state index is 13.6. The van der Waals surface area contributed by atoms with Crippen molar-refractivity contribution in [2.75, 3.05) is 13.2 Å². The molecule has 0 aromatic carbocycles. The van der Waals surface area contributed by atoms with Crippen molar-refractivity contribution >= 4 is 21.7 Å². The van der Waals surface area contributed by atoms with Crippen LogP contribution in [0.3, 0.4) is 0 Å². The molecular formula is C21H31BrO3. The fourth-order valence-corrected chi connectivity index (χ4v) is 8.57. The van der Waals surface area contributed by atoms with Gasteiger partial charge in [-0.05, 0) is 60.7 Å². The van der Waals surface area contributed by atoms with Gasteiger partial charge in [0.15, 0.2) is 11.6 Å². The maximum Gasteiger partial charge on any atom is 0.168 e. The molecule has 25 heavy (non-hydrogen) atoms. The van der Waals surface area contributed by atoms with E-state index in [0.717, 1.165) is 38.4 Å². The van der Waals surface area contributed by atoms with Crippen LogP contribution in [-0.2, 0) is 14.3 Å². The van der Waals surface area contributed by atoms with Crippen molar-refractivity contribution < 1.29 is 14.3 Å². The van der Waals surface area contributed by atoms with Crippen molar-refractivity contribution in [2.45, 2.75) is 75.8 Å². The largest absolute Gasteiger partial charge is 0.348 e. The first-order chi connectivity index (χ1) is 11.9. The Hall–Kier alpha value is 0.0700. The molecule has 0 amide bonds. The van der Waals surface area contributed by atoms with E-state index in [1.54, 1.807) is 0 Å². The summed E-state index contributed by atoms with van der Waals surface area (Å²) in [4.78, 5) is 13.6. The molecule has 1 spiro atoms. The first-order valence-corrected chi connectivity index (χ1v) is 11.3. The zero-order valence-corrected chi connectivity index (χ0v) is 17.1. The van der Waals surface area contributed by atoms with Gasteiger partial charge in [0.25, 0.3) is 0 Å². The molecule has 140 valence electrons. The fourth-order valence-electron chi connectivity index (χ4n) is 7.71. The summed E-state index contributed by atoms with van der Waals surface area (Å²) < 4.78 is 12.1. The number of hydrogen-bond acceptors (Lipinski definition) is 3. The summed E-state index contributed by atoms with van der Waals surface area (Å²) in [5, 5.41) is 0. The van der Waals surface area contributed by atoms with Crippen LogP contribution in [0.25, 0.3) is 0 Å². The van der Waals surface area contributed by atoms with E-state index < -0.39 is 0 Å². The number of carbonyl (C=O) groups excluding carboxylic acids is 1. The summed E-state index contributed by atoms with van der Waals surface area (Å²) in [6.45, 7) is 6.27. The van der Waals surface area contributed by atoms with Crippen LogP contribution in [0.5, 0.6) is 0 Å². The predicted molar refractivity (Wildman–Crippen MR) is 99.5 cm³/mol. The van der Waals surface area contributed by atoms with Crippen LogP contribution >= 0.6 is 15.9 Å². The van der Waals surface area contributed by atoms with Crippen LogP contribution in [0, 0.1) is 34.5 Å². The Balaban J connectivity index is 1.49. The van der Waals surface area contributed by atoms with E-state index in [4.69, 9.17) is 9.47 Å². The molecule has 5 fully saturated rings. The molecule has 1 heterocycles. The molecule has 5 rings (SSSR count). The smallest absolute Gasteiger partial charge is 0.168 e. The number of halogens is 1. The number of fused-ring (bicyclic) bond motifs is 5. The SMILES string of the molecule is C[C@@]12CCC[C@H]1[C@@H]1CC[C@H]3CC4(CC[C@]3(C)[C@H]1C(=O)[C@@H]2Br)OCCO4. The molecular weight excluding hydrogens is 380 g/mol. The highest BCUT2D eigenvalue weighted by Gasteiger charge is 2.65. The normalized spacial score (nSPS) is 54.2. The Morgan fingerprint density at radius 1 is 1.00 bits per heavy atom. The minimum absolute atomic E-state index is 0.0548. The van der Waals surface area contributed by atoms with Crippen molar-refractivity contribution in [3.05, 3.63) is 0 Å². The third-order valence-corrected chi connectivity index (χ3v) is 10.6. The van der Waals surface area contributed by atoms with E-state index in [-0.39, 0.29) is 27.4 Å². The van der Waals surface area contributed by atoms with Crippen LogP contribution < -0.4 is 0 Å². The van der Waals surface area contributed by atoms with Crippen molar-refractivity contribution in [3.63, 3.8) is 0 Å². The highest BCUT2D eigenvalue weighted by atomic mass is 79.9. The lowest BCUT2D eigenvalue weighted by Crippen LogP contribution is -2.61. The molecule has 0 N–H and O–H groups in total. The van der Waals surface area contributed by atoms with E-state index in [0.29, 0.717) is 17.6 Å². The number of rotatable bonds is 0. The Labute approximate surface area is 159 Å². The van der Waals surface area contributed by atoms with Gasteiger partial charge in [0.05, 0.1) is 18.0 Å². The van der Waals surface area contributed by atoms with Gasteiger partial charge < -0.3 is 9.47 Å². The van der Waals surface area contributed by atoms with Gasteiger partial charge in [0, 0.05) is 18.8 Å². The number of hydrogen-bond donors (Lipinski definition) is 0. The second-order valence-corrected chi connectivity index (χ2v) is 10.9. The molecule has 5 aliphatic rings. The van der Waals surface area contributed by atoms with Gasteiger partial charge in [0.1, 0.15) is 0 Å². The van der Waals surface area contributed by atoms with Crippen molar-refractivity contribution in [2.24, 2.45) is 34.5 Å². The predicted octanol–water partition coefficient (Wildman–Crippen LogP) is 4.71.